The van der Waals surface area contributed by atoms with Gasteiger partial charge in [-0.05, 0) is 56.8 Å². The molecule has 10 nitrogen and oxygen atoms in total. The van der Waals surface area contributed by atoms with Gasteiger partial charge in [-0.2, -0.15) is 0 Å². The zero-order chi connectivity index (χ0) is 23.2. The van der Waals surface area contributed by atoms with Crippen molar-refractivity contribution in [1.82, 2.24) is 4.90 Å². The summed E-state index contributed by atoms with van der Waals surface area (Å²) in [6, 6.07) is 4.03. The van der Waals surface area contributed by atoms with Gasteiger partial charge in [0.25, 0.3) is 0 Å². The zero-order valence-electron chi connectivity index (χ0n) is 18.2. The number of hydrogen-bond donors (Lipinski definition) is 5. The smallest absolute Gasteiger partial charge is 0.335 e. The third-order valence-corrected chi connectivity index (χ3v) is 8.60. The average molecular weight is 463 g/mol. The third-order valence-electron chi connectivity index (χ3n) is 8.60. The number of rotatable bonds is 3. The lowest BCUT2D eigenvalue weighted by Gasteiger charge is -2.58. The molecule has 10 atom stereocenters. The Hall–Kier alpha value is -1.95. The molecule has 1 saturated carbocycles. The number of piperidine rings is 1. The number of aliphatic carboxylic acids is 1. The van der Waals surface area contributed by atoms with Crippen molar-refractivity contribution in [2.45, 2.75) is 80.1 Å². The van der Waals surface area contributed by atoms with Crippen LogP contribution in [0.4, 0.5) is 0 Å². The molecule has 10 heteroatoms. The van der Waals surface area contributed by atoms with Gasteiger partial charge in [0.15, 0.2) is 17.6 Å². The largest absolute Gasteiger partial charge is 0.483 e. The number of ether oxygens (including phenoxy) is 3. The second kappa shape index (κ2) is 7.27. The fourth-order valence-corrected chi connectivity index (χ4v) is 7.07. The van der Waals surface area contributed by atoms with Gasteiger partial charge in [-0.25, -0.2) is 4.79 Å². The SMILES string of the molecule is CN1CCC23c4c5ccc(OC6O[C@H](C(=O)O)[C@@H](O)[C@H](O)[C@H]6O)c4O[C@H]2[C@@H](O)CC[C@H]3C1C5. The predicted molar refractivity (Wildman–Crippen MR) is 111 cm³/mol. The highest BCUT2D eigenvalue weighted by molar-refractivity contribution is 5.73. The Morgan fingerprint density at radius 2 is 1.94 bits per heavy atom. The molecule has 5 aliphatic rings. The van der Waals surface area contributed by atoms with Gasteiger partial charge >= 0.3 is 5.97 Å². The zero-order valence-corrected chi connectivity index (χ0v) is 18.2. The van der Waals surface area contributed by atoms with E-state index in [-0.39, 0.29) is 11.2 Å². The van der Waals surface area contributed by atoms with Crippen molar-refractivity contribution >= 4 is 5.97 Å². The van der Waals surface area contributed by atoms with Crippen LogP contribution in [0, 0.1) is 5.92 Å². The maximum atomic E-state index is 11.5. The van der Waals surface area contributed by atoms with Gasteiger partial charge in [-0.15, -0.1) is 0 Å². The molecular formula is C23H29NO9. The molecule has 2 bridgehead atoms. The van der Waals surface area contributed by atoms with Crippen LogP contribution in [0.2, 0.25) is 0 Å². The van der Waals surface area contributed by atoms with Gasteiger partial charge in [-0.1, -0.05) is 6.07 Å². The monoisotopic (exact) mass is 463 g/mol. The molecule has 1 aromatic rings. The molecule has 2 aliphatic carbocycles. The van der Waals surface area contributed by atoms with E-state index in [0.717, 1.165) is 36.9 Å². The van der Waals surface area contributed by atoms with E-state index in [9.17, 15) is 30.3 Å². The number of carbonyl (C=O) groups is 1. The van der Waals surface area contributed by atoms with Crippen molar-refractivity contribution in [2.75, 3.05) is 13.6 Å². The highest BCUT2D eigenvalue weighted by Gasteiger charge is 2.65. The molecule has 1 spiro atoms. The average Bonchev–Trinajstić information content (AvgIpc) is 3.14. The number of hydrogen-bond acceptors (Lipinski definition) is 9. The standard InChI is InChI=1S/C23H29NO9/c1-24-7-6-23-10-3-4-12(25)20(23)32-18-13(5-2-9(14(18)23)8-11(10)24)31-22-17(28)15(26)16(27)19(33-22)21(29)30/h2,5,10-12,15-17,19-20,22,25-28H,3-4,6-8H2,1H3,(H,29,30)/t10-,11?,12-,15-,16-,17+,19-,20-,22?,23?/m0/s1. The van der Waals surface area contributed by atoms with Gasteiger partial charge < -0.3 is 44.6 Å². The number of likely N-dealkylation sites (tertiary alicyclic amines) is 1. The first-order valence-corrected chi connectivity index (χ1v) is 11.5. The minimum absolute atomic E-state index is 0.262. The number of aliphatic hydroxyl groups is 4. The van der Waals surface area contributed by atoms with Crippen molar-refractivity contribution in [1.29, 1.82) is 0 Å². The van der Waals surface area contributed by atoms with E-state index in [1.54, 1.807) is 6.07 Å². The molecule has 3 aliphatic heterocycles. The van der Waals surface area contributed by atoms with Gasteiger partial charge in [0.2, 0.25) is 6.29 Å². The van der Waals surface area contributed by atoms with Crippen molar-refractivity contribution in [3.63, 3.8) is 0 Å². The molecule has 33 heavy (non-hydrogen) atoms. The van der Waals surface area contributed by atoms with Crippen molar-refractivity contribution in [3.05, 3.63) is 23.3 Å². The summed E-state index contributed by atoms with van der Waals surface area (Å²) in [4.78, 5) is 13.9. The predicted octanol–water partition coefficient (Wildman–Crippen LogP) is -1.01. The summed E-state index contributed by atoms with van der Waals surface area (Å²) in [7, 11) is 2.15. The lowest BCUT2D eigenvalue weighted by molar-refractivity contribution is -0.271. The molecule has 5 N–H and O–H groups in total. The normalized spacial score (nSPS) is 45.8. The summed E-state index contributed by atoms with van der Waals surface area (Å²) in [6.45, 7) is 0.895. The van der Waals surface area contributed by atoms with Crippen LogP contribution >= 0.6 is 0 Å². The molecule has 3 fully saturated rings. The van der Waals surface area contributed by atoms with Crippen LogP contribution in [0.1, 0.15) is 30.4 Å². The summed E-state index contributed by atoms with van der Waals surface area (Å²) in [6.07, 6.45) is -6.18. The molecule has 0 amide bonds. The van der Waals surface area contributed by atoms with E-state index in [1.165, 1.54) is 0 Å². The number of aliphatic hydroxyl groups excluding tert-OH is 4. The summed E-state index contributed by atoms with van der Waals surface area (Å²) in [5, 5.41) is 50.7. The Kier molecular flexibility index (Phi) is 4.75. The Balaban J connectivity index is 1.40. The second-order valence-corrected chi connectivity index (χ2v) is 10.1. The van der Waals surface area contributed by atoms with E-state index in [4.69, 9.17) is 14.2 Å². The van der Waals surface area contributed by atoms with Crippen molar-refractivity contribution < 1.29 is 44.5 Å². The highest BCUT2D eigenvalue weighted by atomic mass is 16.7. The first-order chi connectivity index (χ1) is 15.7. The summed E-state index contributed by atoms with van der Waals surface area (Å²) in [5.74, 6) is -0.368. The van der Waals surface area contributed by atoms with Crippen LogP contribution in [-0.2, 0) is 21.4 Å². The van der Waals surface area contributed by atoms with Gasteiger partial charge in [0, 0.05) is 17.0 Å². The first kappa shape index (κ1) is 21.6. The Morgan fingerprint density at radius 1 is 1.15 bits per heavy atom. The first-order valence-electron chi connectivity index (χ1n) is 11.5. The van der Waals surface area contributed by atoms with Gasteiger partial charge in [0.1, 0.15) is 24.4 Å². The maximum absolute atomic E-state index is 11.5. The van der Waals surface area contributed by atoms with Crippen LogP contribution in [0.3, 0.4) is 0 Å². The Morgan fingerprint density at radius 3 is 2.70 bits per heavy atom. The van der Waals surface area contributed by atoms with Crippen LogP contribution < -0.4 is 9.47 Å². The van der Waals surface area contributed by atoms with E-state index in [1.807, 2.05) is 6.07 Å². The fourth-order valence-electron chi connectivity index (χ4n) is 7.07. The number of carboxylic acid groups (broad SMARTS) is 1. The summed E-state index contributed by atoms with van der Waals surface area (Å²) >= 11 is 0. The summed E-state index contributed by atoms with van der Waals surface area (Å²) < 4.78 is 17.6. The molecule has 0 radical (unpaired) electrons. The Bertz CT molecular complexity index is 987. The van der Waals surface area contributed by atoms with Crippen LogP contribution in [-0.4, -0.2) is 98.9 Å². The fraction of sp³-hybridized carbons (Fsp3) is 0.696. The number of benzene rings is 1. The second-order valence-electron chi connectivity index (χ2n) is 10.1. The Labute approximate surface area is 190 Å². The number of nitrogens with zero attached hydrogens (tertiary/aromatic N) is 1. The maximum Gasteiger partial charge on any atom is 0.335 e. The highest BCUT2D eigenvalue weighted by Crippen LogP contribution is 2.63. The van der Waals surface area contributed by atoms with Crippen LogP contribution in [0.5, 0.6) is 11.5 Å². The molecule has 1 aromatic carbocycles. The van der Waals surface area contributed by atoms with E-state index in [0.29, 0.717) is 24.1 Å². The molecule has 0 aromatic heterocycles. The minimum Gasteiger partial charge on any atom is -0.483 e. The molecule has 3 unspecified atom stereocenters. The van der Waals surface area contributed by atoms with Gasteiger partial charge in [-0.3, -0.25) is 0 Å². The van der Waals surface area contributed by atoms with Gasteiger partial charge in [0.05, 0.1) is 6.10 Å². The topological polar surface area (TPSA) is 149 Å². The minimum atomic E-state index is -1.79. The number of carboxylic acids is 1. The third kappa shape index (κ3) is 2.79. The lowest BCUT2D eigenvalue weighted by atomic mass is 9.51. The quantitative estimate of drug-likeness (QED) is 0.377. The number of likely N-dealkylation sites (N-methyl/N-ethyl adjacent to an activating group) is 1. The lowest BCUT2D eigenvalue weighted by Crippen LogP contribution is -2.66. The van der Waals surface area contributed by atoms with E-state index in [2.05, 4.69) is 11.9 Å². The van der Waals surface area contributed by atoms with Crippen LogP contribution in [0.25, 0.3) is 0 Å². The van der Waals surface area contributed by atoms with E-state index >= 15 is 0 Å². The molecule has 2 saturated heterocycles. The molecule has 6 rings (SSSR count). The molecule has 180 valence electrons. The van der Waals surface area contributed by atoms with E-state index < -0.39 is 48.9 Å². The van der Waals surface area contributed by atoms with Crippen molar-refractivity contribution in [3.8, 4) is 11.5 Å². The molecule has 3 heterocycles. The van der Waals surface area contributed by atoms with Crippen LogP contribution in [0.15, 0.2) is 12.1 Å². The molecular weight excluding hydrogens is 434 g/mol. The van der Waals surface area contributed by atoms with Crippen molar-refractivity contribution in [2.24, 2.45) is 5.92 Å². The summed E-state index contributed by atoms with van der Waals surface area (Å²) in [5.41, 5.74) is 1.87.